The highest BCUT2D eigenvalue weighted by atomic mass is 16.7. The Hall–Kier alpha value is -3.09. The number of carbonyl (C=O) groups is 1. The second-order valence-corrected chi connectivity index (χ2v) is 5.12. The van der Waals surface area contributed by atoms with Gasteiger partial charge in [-0.2, -0.15) is 0 Å². The Morgan fingerprint density at radius 2 is 1.96 bits per heavy atom. The fourth-order valence-electron chi connectivity index (χ4n) is 2.40. The second-order valence-electron chi connectivity index (χ2n) is 5.12. The predicted octanol–water partition coefficient (Wildman–Crippen LogP) is 2.60. The maximum atomic E-state index is 12.5. The van der Waals surface area contributed by atoms with Gasteiger partial charge in [0.25, 0.3) is 11.6 Å². The van der Waals surface area contributed by atoms with E-state index in [-0.39, 0.29) is 24.9 Å². The van der Waals surface area contributed by atoms with Gasteiger partial charge >= 0.3 is 0 Å². The molecule has 0 N–H and O–H groups in total. The van der Waals surface area contributed by atoms with Crippen molar-refractivity contribution in [2.75, 3.05) is 13.8 Å². The number of hydrogen-bond donors (Lipinski definition) is 0. The van der Waals surface area contributed by atoms with Gasteiger partial charge < -0.3 is 14.4 Å². The van der Waals surface area contributed by atoms with Gasteiger partial charge in [0.1, 0.15) is 0 Å². The van der Waals surface area contributed by atoms with Crippen molar-refractivity contribution in [2.24, 2.45) is 0 Å². The lowest BCUT2D eigenvalue weighted by molar-refractivity contribution is -0.385. The molecule has 2 aromatic rings. The minimum atomic E-state index is -0.450. The first kappa shape index (κ1) is 14.8. The van der Waals surface area contributed by atoms with Gasteiger partial charge in [0.15, 0.2) is 11.5 Å². The van der Waals surface area contributed by atoms with Crippen molar-refractivity contribution in [3.05, 3.63) is 63.7 Å². The molecular weight excluding hydrogens is 300 g/mol. The molecule has 0 aromatic heterocycles. The summed E-state index contributed by atoms with van der Waals surface area (Å²) in [7, 11) is 1.60. The number of nitrogens with zero attached hydrogens (tertiary/aromatic N) is 2. The van der Waals surface area contributed by atoms with E-state index in [1.54, 1.807) is 43.4 Å². The summed E-state index contributed by atoms with van der Waals surface area (Å²) in [5.41, 5.74) is 0.919. The first-order chi connectivity index (χ1) is 11.1. The number of benzene rings is 2. The van der Waals surface area contributed by atoms with E-state index in [1.807, 2.05) is 0 Å². The normalized spacial score (nSPS) is 12.0. The summed E-state index contributed by atoms with van der Waals surface area (Å²) in [5, 5.41) is 11.0. The summed E-state index contributed by atoms with van der Waals surface area (Å²) in [6, 6.07) is 11.3. The van der Waals surface area contributed by atoms with Crippen LogP contribution >= 0.6 is 0 Å². The van der Waals surface area contributed by atoms with E-state index in [2.05, 4.69) is 0 Å². The van der Waals surface area contributed by atoms with Crippen LogP contribution in [-0.4, -0.2) is 29.6 Å². The number of hydrogen-bond acceptors (Lipinski definition) is 5. The molecule has 0 unspecified atom stereocenters. The summed E-state index contributed by atoms with van der Waals surface area (Å²) < 4.78 is 10.5. The van der Waals surface area contributed by atoms with Gasteiger partial charge in [-0.3, -0.25) is 14.9 Å². The van der Waals surface area contributed by atoms with E-state index >= 15 is 0 Å². The lowest BCUT2D eigenvalue weighted by atomic mass is 10.1. The number of nitro benzene ring substituents is 1. The Bertz CT molecular complexity index is 775. The van der Waals surface area contributed by atoms with Crippen molar-refractivity contribution in [3.8, 4) is 11.5 Å². The summed E-state index contributed by atoms with van der Waals surface area (Å²) >= 11 is 0. The average molecular weight is 314 g/mol. The second kappa shape index (κ2) is 5.96. The molecule has 0 radical (unpaired) electrons. The fourth-order valence-corrected chi connectivity index (χ4v) is 2.40. The highest BCUT2D eigenvalue weighted by molar-refractivity contribution is 5.94. The minimum absolute atomic E-state index is 0.00200. The van der Waals surface area contributed by atoms with Gasteiger partial charge in [0.2, 0.25) is 6.79 Å². The highest BCUT2D eigenvalue weighted by Gasteiger charge is 2.20. The molecular formula is C16H14N2O5. The molecule has 1 aliphatic heterocycles. The summed E-state index contributed by atoms with van der Waals surface area (Å²) in [6.45, 7) is 0.281. The molecule has 0 spiro atoms. The van der Waals surface area contributed by atoms with Crippen LogP contribution in [-0.2, 0) is 6.54 Å². The van der Waals surface area contributed by atoms with E-state index < -0.39 is 4.92 Å². The molecule has 1 heterocycles. The van der Waals surface area contributed by atoms with Crippen molar-refractivity contribution in [2.45, 2.75) is 6.54 Å². The number of ether oxygens (including phenoxy) is 2. The molecule has 0 bridgehead atoms. The standard InChI is InChI=1S/C16H14N2O5/c1-17(9-12-4-2-3-5-13(12)18(20)21)16(19)11-6-7-14-15(8-11)23-10-22-14/h2-8H,9-10H2,1H3. The van der Waals surface area contributed by atoms with Gasteiger partial charge in [-0.25, -0.2) is 0 Å². The average Bonchev–Trinajstić information content (AvgIpc) is 3.01. The fraction of sp³-hybridized carbons (Fsp3) is 0.188. The third-order valence-electron chi connectivity index (χ3n) is 3.56. The molecule has 118 valence electrons. The Labute approximate surface area is 132 Å². The summed E-state index contributed by atoms with van der Waals surface area (Å²) in [6.07, 6.45) is 0. The van der Waals surface area contributed by atoms with Gasteiger partial charge in [-0.05, 0) is 18.2 Å². The number of para-hydroxylation sites is 1. The van der Waals surface area contributed by atoms with Crippen LogP contribution < -0.4 is 9.47 Å². The van der Waals surface area contributed by atoms with Crippen LogP contribution in [0.4, 0.5) is 5.69 Å². The Kier molecular flexibility index (Phi) is 3.84. The Morgan fingerprint density at radius 1 is 1.22 bits per heavy atom. The van der Waals surface area contributed by atoms with Crippen molar-refractivity contribution < 1.29 is 19.2 Å². The quantitative estimate of drug-likeness (QED) is 0.640. The zero-order valence-electron chi connectivity index (χ0n) is 12.4. The predicted molar refractivity (Wildman–Crippen MR) is 81.5 cm³/mol. The molecule has 7 heteroatoms. The lowest BCUT2D eigenvalue weighted by Gasteiger charge is -2.17. The van der Waals surface area contributed by atoms with Gasteiger partial charge in [0.05, 0.1) is 11.5 Å². The number of rotatable bonds is 4. The molecule has 0 saturated carbocycles. The first-order valence-corrected chi connectivity index (χ1v) is 6.93. The van der Waals surface area contributed by atoms with E-state index in [0.29, 0.717) is 22.6 Å². The monoisotopic (exact) mass is 314 g/mol. The lowest BCUT2D eigenvalue weighted by Crippen LogP contribution is -2.26. The van der Waals surface area contributed by atoms with Crippen LogP contribution in [0.1, 0.15) is 15.9 Å². The third kappa shape index (κ3) is 2.94. The largest absolute Gasteiger partial charge is 0.454 e. The third-order valence-corrected chi connectivity index (χ3v) is 3.56. The maximum absolute atomic E-state index is 12.5. The van der Waals surface area contributed by atoms with E-state index in [9.17, 15) is 14.9 Å². The minimum Gasteiger partial charge on any atom is -0.454 e. The molecule has 3 rings (SSSR count). The van der Waals surface area contributed by atoms with Gasteiger partial charge in [0, 0.05) is 24.2 Å². The summed E-state index contributed by atoms with van der Waals surface area (Å²) in [5.74, 6) is 0.874. The number of carbonyl (C=O) groups excluding carboxylic acids is 1. The number of amides is 1. The van der Waals surface area contributed by atoms with Crippen molar-refractivity contribution >= 4 is 11.6 Å². The van der Waals surface area contributed by atoms with Gasteiger partial charge in [-0.1, -0.05) is 18.2 Å². The number of nitro groups is 1. The van der Waals surface area contributed by atoms with Crippen LogP contribution in [0.2, 0.25) is 0 Å². The zero-order chi connectivity index (χ0) is 16.4. The van der Waals surface area contributed by atoms with Crippen LogP contribution in [0.3, 0.4) is 0 Å². The first-order valence-electron chi connectivity index (χ1n) is 6.93. The molecule has 1 aliphatic rings. The van der Waals surface area contributed by atoms with Crippen molar-refractivity contribution in [3.63, 3.8) is 0 Å². The Balaban J connectivity index is 1.79. The van der Waals surface area contributed by atoms with Gasteiger partial charge in [-0.15, -0.1) is 0 Å². The highest BCUT2D eigenvalue weighted by Crippen LogP contribution is 2.33. The SMILES string of the molecule is CN(Cc1ccccc1[N+](=O)[O-])C(=O)c1ccc2c(c1)OCO2. The molecule has 1 amide bonds. The van der Waals surface area contributed by atoms with Crippen LogP contribution in [0.25, 0.3) is 0 Å². The molecule has 7 nitrogen and oxygen atoms in total. The van der Waals surface area contributed by atoms with Crippen LogP contribution in [0.15, 0.2) is 42.5 Å². The van der Waals surface area contributed by atoms with E-state index in [0.717, 1.165) is 0 Å². The zero-order valence-corrected chi connectivity index (χ0v) is 12.4. The van der Waals surface area contributed by atoms with E-state index in [4.69, 9.17) is 9.47 Å². The maximum Gasteiger partial charge on any atom is 0.274 e. The molecule has 0 atom stereocenters. The van der Waals surface area contributed by atoms with Crippen LogP contribution in [0.5, 0.6) is 11.5 Å². The Morgan fingerprint density at radius 3 is 2.74 bits per heavy atom. The molecule has 23 heavy (non-hydrogen) atoms. The van der Waals surface area contributed by atoms with Crippen molar-refractivity contribution in [1.29, 1.82) is 0 Å². The molecule has 0 saturated heterocycles. The molecule has 0 aliphatic carbocycles. The van der Waals surface area contributed by atoms with Crippen molar-refractivity contribution in [1.82, 2.24) is 4.90 Å². The summed E-state index contributed by atoms with van der Waals surface area (Å²) in [4.78, 5) is 24.5. The molecule has 2 aromatic carbocycles. The number of fused-ring (bicyclic) bond motifs is 1. The molecule has 0 fully saturated rings. The van der Waals surface area contributed by atoms with E-state index in [1.165, 1.54) is 11.0 Å². The van der Waals surface area contributed by atoms with Crippen LogP contribution in [0, 0.1) is 10.1 Å². The smallest absolute Gasteiger partial charge is 0.274 e. The topological polar surface area (TPSA) is 81.9 Å².